The number of anilines is 2. The highest BCUT2D eigenvalue weighted by Gasteiger charge is 2.09. The number of likely N-dealkylation sites (N-methyl/N-ethyl adjacent to an activating group) is 1. The van der Waals surface area contributed by atoms with E-state index in [0.29, 0.717) is 12.0 Å². The van der Waals surface area contributed by atoms with Gasteiger partial charge in [0.25, 0.3) is 0 Å². The lowest BCUT2D eigenvalue weighted by Gasteiger charge is -2.23. The van der Waals surface area contributed by atoms with Crippen molar-refractivity contribution >= 4 is 11.6 Å². The predicted octanol–water partition coefficient (Wildman–Crippen LogP) is 3.17. The standard InChI is InChI=1S/C16H31N5/c1-7-13(5)21(6)10-9-18-15-11-14(17-8-2)19-16(20-15)12(3)4/h11-13H,7-10H2,1-6H3,(H2,17,18,19,20). The van der Waals surface area contributed by atoms with Crippen molar-refractivity contribution < 1.29 is 0 Å². The number of hydrogen-bond acceptors (Lipinski definition) is 5. The molecule has 21 heavy (non-hydrogen) atoms. The summed E-state index contributed by atoms with van der Waals surface area (Å²) >= 11 is 0. The molecular weight excluding hydrogens is 262 g/mol. The lowest BCUT2D eigenvalue weighted by atomic mass is 10.2. The molecule has 0 saturated carbocycles. The normalized spacial score (nSPS) is 12.8. The van der Waals surface area contributed by atoms with Crippen LogP contribution < -0.4 is 10.6 Å². The second-order valence-corrected chi connectivity index (χ2v) is 5.85. The summed E-state index contributed by atoms with van der Waals surface area (Å²) in [5.74, 6) is 3.01. The van der Waals surface area contributed by atoms with E-state index in [2.05, 4.69) is 67.2 Å². The third-order valence-electron chi connectivity index (χ3n) is 3.73. The van der Waals surface area contributed by atoms with Crippen molar-refractivity contribution in [1.82, 2.24) is 14.9 Å². The molecule has 0 bridgehead atoms. The fourth-order valence-electron chi connectivity index (χ4n) is 1.98. The van der Waals surface area contributed by atoms with E-state index >= 15 is 0 Å². The zero-order chi connectivity index (χ0) is 15.8. The second kappa shape index (κ2) is 8.82. The van der Waals surface area contributed by atoms with Gasteiger partial charge in [0.05, 0.1) is 0 Å². The van der Waals surface area contributed by atoms with E-state index in [-0.39, 0.29) is 0 Å². The van der Waals surface area contributed by atoms with E-state index < -0.39 is 0 Å². The van der Waals surface area contributed by atoms with Crippen molar-refractivity contribution in [3.05, 3.63) is 11.9 Å². The maximum atomic E-state index is 4.60. The summed E-state index contributed by atoms with van der Waals surface area (Å²) in [4.78, 5) is 11.5. The van der Waals surface area contributed by atoms with Gasteiger partial charge in [0, 0.05) is 37.7 Å². The molecule has 0 radical (unpaired) electrons. The quantitative estimate of drug-likeness (QED) is 0.732. The fraction of sp³-hybridized carbons (Fsp3) is 0.750. The average Bonchev–Trinajstić information content (AvgIpc) is 2.46. The fourth-order valence-corrected chi connectivity index (χ4v) is 1.98. The molecule has 0 aliphatic rings. The maximum absolute atomic E-state index is 4.60. The highest BCUT2D eigenvalue weighted by molar-refractivity contribution is 5.47. The summed E-state index contributed by atoms with van der Waals surface area (Å²) in [6, 6.07) is 2.60. The second-order valence-electron chi connectivity index (χ2n) is 5.85. The Morgan fingerprint density at radius 1 is 1.10 bits per heavy atom. The SMILES string of the molecule is CCNc1cc(NCCN(C)C(C)CC)nc(C(C)C)n1. The predicted molar refractivity (Wildman–Crippen MR) is 91.2 cm³/mol. The van der Waals surface area contributed by atoms with Crippen molar-refractivity contribution in [3.8, 4) is 0 Å². The Morgan fingerprint density at radius 2 is 1.71 bits per heavy atom. The molecule has 120 valence electrons. The van der Waals surface area contributed by atoms with E-state index in [4.69, 9.17) is 0 Å². The molecule has 5 heteroatoms. The summed E-state index contributed by atoms with van der Waals surface area (Å²) in [7, 11) is 2.17. The number of rotatable bonds is 9. The van der Waals surface area contributed by atoms with E-state index in [9.17, 15) is 0 Å². The molecule has 5 nitrogen and oxygen atoms in total. The Kier molecular flexibility index (Phi) is 7.43. The van der Waals surface area contributed by atoms with Gasteiger partial charge in [0.1, 0.15) is 17.5 Å². The van der Waals surface area contributed by atoms with Gasteiger partial charge < -0.3 is 15.5 Å². The number of hydrogen-bond donors (Lipinski definition) is 2. The Bertz CT molecular complexity index is 419. The molecule has 1 atom stereocenters. The van der Waals surface area contributed by atoms with Gasteiger partial charge in [-0.3, -0.25) is 0 Å². The zero-order valence-corrected chi connectivity index (χ0v) is 14.4. The zero-order valence-electron chi connectivity index (χ0n) is 14.4. The van der Waals surface area contributed by atoms with Crippen LogP contribution >= 0.6 is 0 Å². The van der Waals surface area contributed by atoms with Crippen LogP contribution in [0.3, 0.4) is 0 Å². The molecule has 0 saturated heterocycles. The van der Waals surface area contributed by atoms with Gasteiger partial charge in [-0.25, -0.2) is 9.97 Å². The van der Waals surface area contributed by atoms with E-state index in [1.165, 1.54) is 6.42 Å². The Hall–Kier alpha value is -1.36. The highest BCUT2D eigenvalue weighted by atomic mass is 15.1. The molecule has 2 N–H and O–H groups in total. The first-order valence-electron chi connectivity index (χ1n) is 8.04. The molecular formula is C16H31N5. The van der Waals surface area contributed by atoms with Gasteiger partial charge in [-0.15, -0.1) is 0 Å². The number of aromatic nitrogens is 2. The van der Waals surface area contributed by atoms with Crippen LogP contribution in [0.15, 0.2) is 6.07 Å². The van der Waals surface area contributed by atoms with Crippen molar-refractivity contribution in [1.29, 1.82) is 0 Å². The van der Waals surface area contributed by atoms with Crippen LogP contribution in [0.1, 0.15) is 52.8 Å². The Balaban J connectivity index is 2.65. The smallest absolute Gasteiger partial charge is 0.135 e. The Morgan fingerprint density at radius 3 is 2.24 bits per heavy atom. The maximum Gasteiger partial charge on any atom is 0.135 e. The molecule has 0 aromatic carbocycles. The molecule has 0 aliphatic heterocycles. The summed E-state index contributed by atoms with van der Waals surface area (Å²) in [5, 5.41) is 6.68. The number of nitrogens with zero attached hydrogens (tertiary/aromatic N) is 3. The molecule has 0 fully saturated rings. The lowest BCUT2D eigenvalue weighted by Crippen LogP contribution is -2.32. The molecule has 1 aromatic heterocycles. The first kappa shape index (κ1) is 17.7. The monoisotopic (exact) mass is 293 g/mol. The summed E-state index contributed by atoms with van der Waals surface area (Å²) in [5.41, 5.74) is 0. The van der Waals surface area contributed by atoms with Crippen molar-refractivity contribution in [2.75, 3.05) is 37.3 Å². The largest absolute Gasteiger partial charge is 0.370 e. The first-order valence-corrected chi connectivity index (χ1v) is 8.04. The molecule has 1 unspecified atom stereocenters. The van der Waals surface area contributed by atoms with Crippen LogP contribution in [0.2, 0.25) is 0 Å². The van der Waals surface area contributed by atoms with Crippen LogP contribution in [-0.4, -0.2) is 47.6 Å². The van der Waals surface area contributed by atoms with Crippen LogP contribution in [0.25, 0.3) is 0 Å². The van der Waals surface area contributed by atoms with Gasteiger partial charge in [-0.2, -0.15) is 0 Å². The van der Waals surface area contributed by atoms with Crippen LogP contribution in [0.5, 0.6) is 0 Å². The van der Waals surface area contributed by atoms with Crippen LogP contribution in [0.4, 0.5) is 11.6 Å². The molecule has 0 spiro atoms. The average molecular weight is 293 g/mol. The lowest BCUT2D eigenvalue weighted by molar-refractivity contribution is 0.261. The third kappa shape index (κ3) is 5.87. The van der Waals surface area contributed by atoms with Crippen molar-refractivity contribution in [2.45, 2.75) is 53.0 Å². The Labute approximate surface area is 129 Å². The summed E-state index contributed by atoms with van der Waals surface area (Å²) < 4.78 is 0. The minimum absolute atomic E-state index is 0.326. The first-order chi connectivity index (χ1) is 9.97. The van der Waals surface area contributed by atoms with Gasteiger partial charge in [-0.1, -0.05) is 20.8 Å². The van der Waals surface area contributed by atoms with Crippen LogP contribution in [0, 0.1) is 0 Å². The van der Waals surface area contributed by atoms with E-state index in [1.54, 1.807) is 0 Å². The highest BCUT2D eigenvalue weighted by Crippen LogP contribution is 2.16. The summed E-state index contributed by atoms with van der Waals surface area (Å²) in [6.45, 7) is 13.5. The molecule has 1 aromatic rings. The molecule has 0 amide bonds. The van der Waals surface area contributed by atoms with Gasteiger partial charge in [-0.05, 0) is 27.3 Å². The molecule has 0 aliphatic carbocycles. The minimum atomic E-state index is 0.326. The molecule has 1 rings (SSSR count). The number of nitrogens with one attached hydrogen (secondary N) is 2. The van der Waals surface area contributed by atoms with Gasteiger partial charge in [0.15, 0.2) is 0 Å². The minimum Gasteiger partial charge on any atom is -0.370 e. The van der Waals surface area contributed by atoms with Crippen molar-refractivity contribution in [2.24, 2.45) is 0 Å². The molecule has 1 heterocycles. The van der Waals surface area contributed by atoms with Gasteiger partial charge in [0.2, 0.25) is 0 Å². The third-order valence-corrected chi connectivity index (χ3v) is 3.73. The van der Waals surface area contributed by atoms with E-state index in [0.717, 1.165) is 37.1 Å². The van der Waals surface area contributed by atoms with Crippen molar-refractivity contribution in [3.63, 3.8) is 0 Å². The van der Waals surface area contributed by atoms with Gasteiger partial charge >= 0.3 is 0 Å². The summed E-state index contributed by atoms with van der Waals surface area (Å²) in [6.07, 6.45) is 1.17. The topological polar surface area (TPSA) is 53.1 Å². The van der Waals surface area contributed by atoms with Crippen LogP contribution in [-0.2, 0) is 0 Å². The van der Waals surface area contributed by atoms with E-state index in [1.807, 2.05) is 6.07 Å².